The lowest BCUT2D eigenvalue weighted by Crippen LogP contribution is -2.28. The van der Waals surface area contributed by atoms with Gasteiger partial charge < -0.3 is 0 Å². The van der Waals surface area contributed by atoms with Crippen molar-refractivity contribution in [2.45, 2.75) is 31.6 Å². The Morgan fingerprint density at radius 1 is 1.35 bits per heavy atom. The molecular weight excluding hydrogens is 342 g/mol. The van der Waals surface area contributed by atoms with Gasteiger partial charge in [-0.05, 0) is 31.0 Å². The summed E-state index contributed by atoms with van der Waals surface area (Å²) in [4.78, 5) is 12.0. The fourth-order valence-electron chi connectivity index (χ4n) is 1.47. The van der Waals surface area contributed by atoms with Gasteiger partial charge in [-0.2, -0.15) is 5.11 Å². The molecule has 110 valence electrons. The molecule has 20 heavy (non-hydrogen) atoms. The first-order valence-corrected chi connectivity index (χ1v) is 7.51. The van der Waals surface area contributed by atoms with Crippen LogP contribution in [0.2, 0.25) is 10.0 Å². The molecule has 1 unspecified atom stereocenters. The number of azo groups is 1. The predicted octanol–water partition coefficient (Wildman–Crippen LogP) is 6.13. The molecular formula is C13H14Cl4N2O. The van der Waals surface area contributed by atoms with Crippen LogP contribution in [-0.4, -0.2) is 10.2 Å². The maximum Gasteiger partial charge on any atom is 0.286 e. The summed E-state index contributed by atoms with van der Waals surface area (Å²) in [6, 6.07) is 3.22. The van der Waals surface area contributed by atoms with Gasteiger partial charge in [-0.3, -0.25) is 4.79 Å². The summed E-state index contributed by atoms with van der Waals surface area (Å²) in [6.07, 6.45) is 0.621. The van der Waals surface area contributed by atoms with Crippen molar-refractivity contribution in [3.05, 3.63) is 27.7 Å². The number of carbonyl (C=O) groups is 1. The Kier molecular flexibility index (Phi) is 6.26. The summed E-state index contributed by atoms with van der Waals surface area (Å²) in [5.74, 6) is -0.694. The zero-order valence-electron chi connectivity index (χ0n) is 11.3. The SMILES string of the molecule is CCC(C)C(=O)C(Cl)(Cl)/N=N/c1c(C)cc(Cl)cc1Cl. The second kappa shape index (κ2) is 7.08. The summed E-state index contributed by atoms with van der Waals surface area (Å²) in [5, 5.41) is 8.44. The first kappa shape index (κ1) is 17.7. The molecule has 0 saturated carbocycles. The minimum Gasteiger partial charge on any atom is -0.294 e. The van der Waals surface area contributed by atoms with Crippen LogP contribution in [0.5, 0.6) is 0 Å². The van der Waals surface area contributed by atoms with Crippen LogP contribution in [0.25, 0.3) is 0 Å². The smallest absolute Gasteiger partial charge is 0.286 e. The molecule has 0 aromatic heterocycles. The molecule has 7 heteroatoms. The Balaban J connectivity index is 3.06. The third kappa shape index (κ3) is 4.32. The molecule has 0 aliphatic carbocycles. The van der Waals surface area contributed by atoms with Crippen LogP contribution < -0.4 is 0 Å². The Labute approximate surface area is 138 Å². The van der Waals surface area contributed by atoms with Crippen molar-refractivity contribution in [3.63, 3.8) is 0 Å². The largest absolute Gasteiger partial charge is 0.294 e. The fraction of sp³-hybridized carbons (Fsp3) is 0.462. The van der Waals surface area contributed by atoms with Gasteiger partial charge in [0.25, 0.3) is 4.46 Å². The van der Waals surface area contributed by atoms with Crippen molar-refractivity contribution in [3.8, 4) is 0 Å². The fourth-order valence-corrected chi connectivity index (χ4v) is 2.55. The molecule has 1 rings (SSSR count). The quantitative estimate of drug-likeness (QED) is 0.355. The van der Waals surface area contributed by atoms with Crippen LogP contribution in [0, 0.1) is 12.8 Å². The van der Waals surface area contributed by atoms with Gasteiger partial charge in [-0.15, -0.1) is 5.11 Å². The molecule has 0 aliphatic heterocycles. The molecule has 0 spiro atoms. The summed E-state index contributed by atoms with van der Waals surface area (Å²) in [7, 11) is 0. The summed E-state index contributed by atoms with van der Waals surface area (Å²) < 4.78 is -1.91. The van der Waals surface area contributed by atoms with E-state index in [0.717, 1.165) is 0 Å². The number of hydrogen-bond donors (Lipinski definition) is 0. The van der Waals surface area contributed by atoms with Crippen LogP contribution in [0.15, 0.2) is 22.4 Å². The maximum atomic E-state index is 12.0. The molecule has 0 bridgehead atoms. The molecule has 0 radical (unpaired) electrons. The molecule has 0 N–H and O–H groups in total. The van der Waals surface area contributed by atoms with E-state index in [1.807, 2.05) is 6.92 Å². The van der Waals surface area contributed by atoms with Crippen molar-refractivity contribution < 1.29 is 4.79 Å². The number of hydrogen-bond acceptors (Lipinski definition) is 3. The van der Waals surface area contributed by atoms with Crippen molar-refractivity contribution >= 4 is 57.9 Å². The number of aryl methyl sites for hydroxylation is 1. The average Bonchev–Trinajstić information content (AvgIpc) is 2.35. The van der Waals surface area contributed by atoms with E-state index in [1.54, 1.807) is 19.9 Å². The summed E-state index contributed by atoms with van der Waals surface area (Å²) in [6.45, 7) is 5.37. The van der Waals surface area contributed by atoms with Crippen LogP contribution >= 0.6 is 46.4 Å². The molecule has 1 atom stereocenters. The van der Waals surface area contributed by atoms with Gasteiger partial charge in [0.05, 0.1) is 5.02 Å². The van der Waals surface area contributed by atoms with E-state index < -0.39 is 10.2 Å². The first-order valence-electron chi connectivity index (χ1n) is 5.99. The molecule has 0 aliphatic rings. The van der Waals surface area contributed by atoms with E-state index in [-0.39, 0.29) is 5.92 Å². The zero-order valence-corrected chi connectivity index (χ0v) is 14.3. The number of rotatable bonds is 5. The Bertz CT molecular complexity index is 520. The highest BCUT2D eigenvalue weighted by molar-refractivity contribution is 6.58. The number of halogens is 4. The second-order valence-corrected chi connectivity index (χ2v) is 6.60. The Morgan fingerprint density at radius 2 is 1.95 bits per heavy atom. The van der Waals surface area contributed by atoms with Crippen molar-refractivity contribution in [1.82, 2.24) is 0 Å². The number of carbonyl (C=O) groups excluding carboxylic acids is 1. The van der Waals surface area contributed by atoms with Gasteiger partial charge in [-0.1, -0.05) is 60.3 Å². The third-order valence-electron chi connectivity index (χ3n) is 2.85. The monoisotopic (exact) mass is 354 g/mol. The van der Waals surface area contributed by atoms with E-state index in [9.17, 15) is 4.79 Å². The molecule has 0 amide bonds. The topological polar surface area (TPSA) is 41.8 Å². The van der Waals surface area contributed by atoms with E-state index in [0.29, 0.717) is 27.7 Å². The maximum absolute atomic E-state index is 12.0. The normalized spacial score (nSPS) is 13.8. The molecule has 1 aromatic rings. The molecule has 3 nitrogen and oxygen atoms in total. The van der Waals surface area contributed by atoms with Gasteiger partial charge in [0, 0.05) is 10.9 Å². The highest BCUT2D eigenvalue weighted by Gasteiger charge is 2.36. The van der Waals surface area contributed by atoms with E-state index in [1.165, 1.54) is 6.07 Å². The molecule has 0 fully saturated rings. The highest BCUT2D eigenvalue weighted by Crippen LogP contribution is 2.35. The Morgan fingerprint density at radius 3 is 2.45 bits per heavy atom. The number of alkyl halides is 2. The van der Waals surface area contributed by atoms with Crippen LogP contribution in [0.1, 0.15) is 25.8 Å². The van der Waals surface area contributed by atoms with E-state index >= 15 is 0 Å². The average molecular weight is 356 g/mol. The Hall–Kier alpha value is -0.350. The lowest BCUT2D eigenvalue weighted by Gasteiger charge is -2.16. The standard InChI is InChI=1S/C13H14Cl4N2O/c1-4-7(2)12(20)13(16,17)19-18-11-8(3)5-9(14)6-10(11)15/h5-7H,4H2,1-3H3/b19-18+. The number of ketones is 1. The summed E-state index contributed by atoms with van der Waals surface area (Å²) >= 11 is 23.7. The highest BCUT2D eigenvalue weighted by atomic mass is 35.5. The van der Waals surface area contributed by atoms with Crippen molar-refractivity contribution in [2.24, 2.45) is 16.1 Å². The number of benzene rings is 1. The van der Waals surface area contributed by atoms with Gasteiger partial charge in [0.15, 0.2) is 5.78 Å². The van der Waals surface area contributed by atoms with E-state index in [2.05, 4.69) is 10.2 Å². The van der Waals surface area contributed by atoms with Crippen molar-refractivity contribution in [2.75, 3.05) is 0 Å². The predicted molar refractivity (Wildman–Crippen MR) is 84.6 cm³/mol. The summed E-state index contributed by atoms with van der Waals surface area (Å²) in [5.41, 5.74) is 1.10. The third-order valence-corrected chi connectivity index (χ3v) is 3.88. The minimum absolute atomic E-state index is 0.300. The number of nitrogens with zero attached hydrogens (tertiary/aromatic N) is 2. The van der Waals surface area contributed by atoms with E-state index in [4.69, 9.17) is 46.4 Å². The van der Waals surface area contributed by atoms with Crippen LogP contribution in [-0.2, 0) is 4.79 Å². The molecule has 1 aromatic carbocycles. The first-order chi connectivity index (χ1) is 9.19. The van der Waals surface area contributed by atoms with Gasteiger partial charge in [-0.25, -0.2) is 0 Å². The minimum atomic E-state index is -1.91. The molecule has 0 saturated heterocycles. The molecule has 0 heterocycles. The van der Waals surface area contributed by atoms with Crippen LogP contribution in [0.3, 0.4) is 0 Å². The van der Waals surface area contributed by atoms with Crippen molar-refractivity contribution in [1.29, 1.82) is 0 Å². The lowest BCUT2D eigenvalue weighted by atomic mass is 10.0. The second-order valence-electron chi connectivity index (χ2n) is 4.47. The van der Waals surface area contributed by atoms with Gasteiger partial charge in [0.1, 0.15) is 5.69 Å². The zero-order chi connectivity index (χ0) is 15.5. The van der Waals surface area contributed by atoms with Gasteiger partial charge >= 0.3 is 0 Å². The lowest BCUT2D eigenvalue weighted by molar-refractivity contribution is -0.123. The van der Waals surface area contributed by atoms with Crippen LogP contribution in [0.4, 0.5) is 5.69 Å². The van der Waals surface area contributed by atoms with Gasteiger partial charge in [0.2, 0.25) is 0 Å². The number of Topliss-reactive ketones (excluding diaryl/α,β-unsaturated/α-hetero) is 1.